The summed E-state index contributed by atoms with van der Waals surface area (Å²) in [6.07, 6.45) is 1.57. The molecule has 2 nitrogen and oxygen atoms in total. The Labute approximate surface area is 99.2 Å². The molecule has 0 aliphatic heterocycles. The van der Waals surface area contributed by atoms with Crippen LogP contribution < -0.4 is 5.32 Å². The quantitative estimate of drug-likeness (QED) is 0.805. The summed E-state index contributed by atoms with van der Waals surface area (Å²) in [7, 11) is 0. The second-order valence-electron chi connectivity index (χ2n) is 3.52. The van der Waals surface area contributed by atoms with E-state index in [9.17, 15) is 4.79 Å². The predicted molar refractivity (Wildman–Crippen MR) is 66.0 cm³/mol. The van der Waals surface area contributed by atoms with Gasteiger partial charge in [-0.05, 0) is 30.7 Å². The van der Waals surface area contributed by atoms with E-state index in [4.69, 9.17) is 0 Å². The summed E-state index contributed by atoms with van der Waals surface area (Å²) in [4.78, 5) is 11.5. The number of Topliss-reactive ketones (excluding diaryl/α,β-unsaturated/α-hetero) is 1. The van der Waals surface area contributed by atoms with Gasteiger partial charge in [0, 0.05) is 10.9 Å². The van der Waals surface area contributed by atoms with E-state index in [2.05, 4.69) is 28.2 Å². The van der Waals surface area contributed by atoms with Crippen LogP contribution in [0.1, 0.15) is 18.9 Å². The van der Waals surface area contributed by atoms with Crippen LogP contribution in [-0.4, -0.2) is 18.9 Å². The molecule has 0 heterocycles. The van der Waals surface area contributed by atoms with Gasteiger partial charge >= 0.3 is 0 Å². The van der Waals surface area contributed by atoms with Gasteiger partial charge in [0.25, 0.3) is 0 Å². The van der Waals surface area contributed by atoms with Crippen LogP contribution in [0, 0.1) is 0 Å². The van der Waals surface area contributed by atoms with Gasteiger partial charge in [-0.2, -0.15) is 0 Å². The highest BCUT2D eigenvalue weighted by molar-refractivity contribution is 9.10. The fourth-order valence-electron chi connectivity index (χ4n) is 1.34. The van der Waals surface area contributed by atoms with Crippen molar-refractivity contribution in [2.75, 3.05) is 13.1 Å². The van der Waals surface area contributed by atoms with Gasteiger partial charge in [-0.3, -0.25) is 4.79 Å². The summed E-state index contributed by atoms with van der Waals surface area (Å²) in [5.74, 6) is 0.238. The molecule has 1 aromatic carbocycles. The first-order chi connectivity index (χ1) is 7.22. The first-order valence-corrected chi connectivity index (χ1v) is 5.98. The zero-order valence-electron chi connectivity index (χ0n) is 8.92. The number of benzene rings is 1. The molecule has 0 fully saturated rings. The third-order valence-corrected chi connectivity index (χ3v) is 2.53. The molecule has 0 saturated heterocycles. The van der Waals surface area contributed by atoms with E-state index in [0.29, 0.717) is 13.0 Å². The van der Waals surface area contributed by atoms with Crippen molar-refractivity contribution in [2.45, 2.75) is 19.8 Å². The first kappa shape index (κ1) is 12.4. The zero-order valence-corrected chi connectivity index (χ0v) is 10.5. The Morgan fingerprint density at radius 1 is 1.47 bits per heavy atom. The number of rotatable bonds is 6. The SMILES string of the molecule is CCCNCC(=O)Cc1cccc(Br)c1. The van der Waals surface area contributed by atoms with Gasteiger partial charge < -0.3 is 5.32 Å². The van der Waals surface area contributed by atoms with E-state index in [0.717, 1.165) is 23.0 Å². The third-order valence-electron chi connectivity index (χ3n) is 2.04. The monoisotopic (exact) mass is 269 g/mol. The molecule has 0 atom stereocenters. The molecule has 15 heavy (non-hydrogen) atoms. The van der Waals surface area contributed by atoms with Crippen molar-refractivity contribution in [3.8, 4) is 0 Å². The molecule has 0 aliphatic rings. The zero-order chi connectivity index (χ0) is 11.1. The van der Waals surface area contributed by atoms with Crippen molar-refractivity contribution < 1.29 is 4.79 Å². The minimum atomic E-state index is 0.238. The minimum Gasteiger partial charge on any atom is -0.310 e. The van der Waals surface area contributed by atoms with Crippen LogP contribution in [0.15, 0.2) is 28.7 Å². The van der Waals surface area contributed by atoms with Crippen LogP contribution in [0.4, 0.5) is 0 Å². The lowest BCUT2D eigenvalue weighted by Crippen LogP contribution is -2.24. The number of carbonyl (C=O) groups is 1. The lowest BCUT2D eigenvalue weighted by Gasteiger charge is -2.03. The topological polar surface area (TPSA) is 29.1 Å². The molecule has 0 radical (unpaired) electrons. The summed E-state index contributed by atoms with van der Waals surface area (Å²) < 4.78 is 1.02. The summed E-state index contributed by atoms with van der Waals surface area (Å²) in [6.45, 7) is 3.47. The molecule has 1 rings (SSSR count). The average Bonchev–Trinajstić information content (AvgIpc) is 2.18. The number of carbonyl (C=O) groups excluding carboxylic acids is 1. The molecule has 0 aliphatic carbocycles. The second-order valence-corrected chi connectivity index (χ2v) is 4.44. The Morgan fingerprint density at radius 3 is 2.93 bits per heavy atom. The fraction of sp³-hybridized carbons (Fsp3) is 0.417. The molecule has 0 bridgehead atoms. The van der Waals surface area contributed by atoms with Gasteiger partial charge in [0.1, 0.15) is 0 Å². The molecule has 82 valence electrons. The van der Waals surface area contributed by atoms with Crippen molar-refractivity contribution in [2.24, 2.45) is 0 Å². The van der Waals surface area contributed by atoms with Gasteiger partial charge in [-0.25, -0.2) is 0 Å². The number of hydrogen-bond acceptors (Lipinski definition) is 2. The minimum absolute atomic E-state index is 0.238. The standard InChI is InChI=1S/C12H16BrNO/c1-2-6-14-9-12(15)8-10-4-3-5-11(13)7-10/h3-5,7,14H,2,6,8-9H2,1H3. The van der Waals surface area contributed by atoms with Crippen LogP contribution in [0.2, 0.25) is 0 Å². The smallest absolute Gasteiger partial charge is 0.150 e. The van der Waals surface area contributed by atoms with E-state index < -0.39 is 0 Å². The normalized spacial score (nSPS) is 10.3. The number of hydrogen-bond donors (Lipinski definition) is 1. The van der Waals surface area contributed by atoms with Crippen molar-refractivity contribution in [1.82, 2.24) is 5.32 Å². The van der Waals surface area contributed by atoms with E-state index in [1.807, 2.05) is 24.3 Å². The van der Waals surface area contributed by atoms with Gasteiger partial charge in [0.2, 0.25) is 0 Å². The van der Waals surface area contributed by atoms with Crippen LogP contribution in [0.3, 0.4) is 0 Å². The number of halogens is 1. The molecule has 0 aromatic heterocycles. The highest BCUT2D eigenvalue weighted by Crippen LogP contribution is 2.11. The Morgan fingerprint density at radius 2 is 2.27 bits per heavy atom. The van der Waals surface area contributed by atoms with Crippen molar-refractivity contribution in [3.05, 3.63) is 34.3 Å². The third kappa shape index (κ3) is 5.09. The van der Waals surface area contributed by atoms with Crippen molar-refractivity contribution in [3.63, 3.8) is 0 Å². The van der Waals surface area contributed by atoms with E-state index in [1.54, 1.807) is 0 Å². The maximum Gasteiger partial charge on any atom is 0.150 e. The molecule has 0 amide bonds. The molecular weight excluding hydrogens is 254 g/mol. The van der Waals surface area contributed by atoms with Gasteiger partial charge in [-0.1, -0.05) is 35.0 Å². The Hall–Kier alpha value is -0.670. The number of nitrogens with one attached hydrogen (secondary N) is 1. The highest BCUT2D eigenvalue weighted by Gasteiger charge is 2.02. The predicted octanol–water partition coefficient (Wildman–Crippen LogP) is 2.56. The molecular formula is C12H16BrNO. The summed E-state index contributed by atoms with van der Waals surface area (Å²) >= 11 is 3.39. The van der Waals surface area contributed by atoms with Gasteiger partial charge in [0.15, 0.2) is 5.78 Å². The van der Waals surface area contributed by atoms with Crippen LogP contribution in [-0.2, 0) is 11.2 Å². The lowest BCUT2D eigenvalue weighted by atomic mass is 10.1. The van der Waals surface area contributed by atoms with E-state index >= 15 is 0 Å². The fourth-order valence-corrected chi connectivity index (χ4v) is 1.79. The van der Waals surface area contributed by atoms with Crippen molar-refractivity contribution >= 4 is 21.7 Å². The highest BCUT2D eigenvalue weighted by atomic mass is 79.9. The molecule has 1 aromatic rings. The lowest BCUT2D eigenvalue weighted by molar-refractivity contribution is -0.117. The van der Waals surface area contributed by atoms with Crippen LogP contribution in [0.5, 0.6) is 0 Å². The molecule has 0 unspecified atom stereocenters. The van der Waals surface area contributed by atoms with E-state index in [1.165, 1.54) is 0 Å². The largest absolute Gasteiger partial charge is 0.310 e. The summed E-state index contributed by atoms with van der Waals surface area (Å²) in [5.41, 5.74) is 1.06. The average molecular weight is 270 g/mol. The Kier molecular flexibility index (Phi) is 5.58. The van der Waals surface area contributed by atoms with Crippen LogP contribution in [0.25, 0.3) is 0 Å². The first-order valence-electron chi connectivity index (χ1n) is 5.19. The Bertz CT molecular complexity index is 325. The van der Waals surface area contributed by atoms with E-state index in [-0.39, 0.29) is 5.78 Å². The van der Waals surface area contributed by atoms with Crippen molar-refractivity contribution in [1.29, 1.82) is 0 Å². The maximum absolute atomic E-state index is 11.5. The van der Waals surface area contributed by atoms with Gasteiger partial charge in [-0.15, -0.1) is 0 Å². The summed E-state index contributed by atoms with van der Waals surface area (Å²) in [5, 5.41) is 3.11. The van der Waals surface area contributed by atoms with Crippen LogP contribution >= 0.6 is 15.9 Å². The molecule has 0 spiro atoms. The Balaban J connectivity index is 2.37. The summed E-state index contributed by atoms with van der Waals surface area (Å²) in [6, 6.07) is 7.87. The molecule has 3 heteroatoms. The van der Waals surface area contributed by atoms with Gasteiger partial charge in [0.05, 0.1) is 6.54 Å². The molecule has 0 saturated carbocycles. The molecule has 1 N–H and O–H groups in total. The number of ketones is 1. The second kappa shape index (κ2) is 6.75. The maximum atomic E-state index is 11.5.